The van der Waals surface area contributed by atoms with Gasteiger partial charge in [-0.05, 0) is 43.5 Å². The maximum absolute atomic E-state index is 14.8. The second-order valence-corrected chi connectivity index (χ2v) is 7.73. The topological polar surface area (TPSA) is 104 Å². The molecule has 0 radical (unpaired) electrons. The van der Waals surface area contributed by atoms with Gasteiger partial charge in [0.2, 0.25) is 0 Å². The fourth-order valence-corrected chi connectivity index (χ4v) is 3.83. The van der Waals surface area contributed by atoms with Gasteiger partial charge in [-0.1, -0.05) is 6.07 Å². The summed E-state index contributed by atoms with van der Waals surface area (Å²) >= 11 is 0. The molecule has 1 aliphatic rings. The third-order valence-electron chi connectivity index (χ3n) is 5.55. The molecule has 0 saturated carbocycles. The molecule has 1 fully saturated rings. The Balaban J connectivity index is 1.43. The van der Waals surface area contributed by atoms with Gasteiger partial charge in [-0.2, -0.15) is 4.98 Å². The number of hydrogen-bond acceptors (Lipinski definition) is 6. The number of aromatic carboxylic acids is 1. The lowest BCUT2D eigenvalue weighted by Gasteiger charge is -2.15. The van der Waals surface area contributed by atoms with Crippen molar-refractivity contribution in [2.24, 2.45) is 0 Å². The van der Waals surface area contributed by atoms with E-state index in [1.807, 2.05) is 0 Å². The molecule has 5 rings (SSSR count). The van der Waals surface area contributed by atoms with Crippen LogP contribution in [0, 0.1) is 12.7 Å². The number of anilines is 1. The number of fused-ring (bicyclic) bond motifs is 1. The number of carboxylic acids is 1. The van der Waals surface area contributed by atoms with Crippen LogP contribution in [0.5, 0.6) is 11.8 Å². The molecule has 3 heterocycles. The van der Waals surface area contributed by atoms with Crippen LogP contribution in [0.4, 0.5) is 10.2 Å². The van der Waals surface area contributed by atoms with Crippen LogP contribution in [0.1, 0.15) is 28.8 Å². The normalized spacial score (nSPS) is 13.6. The third kappa shape index (κ3) is 3.73. The average Bonchev–Trinajstić information content (AvgIpc) is 3.44. The maximum atomic E-state index is 14.8. The Morgan fingerprint density at radius 3 is 2.69 bits per heavy atom. The first-order chi connectivity index (χ1) is 15.5. The van der Waals surface area contributed by atoms with Crippen LogP contribution in [0.15, 0.2) is 42.7 Å². The van der Waals surface area contributed by atoms with Gasteiger partial charge in [-0.15, -0.1) is 0 Å². The minimum Gasteiger partial charge on any atom is -0.478 e. The quantitative estimate of drug-likeness (QED) is 0.475. The number of carbonyl (C=O) groups is 1. The smallest absolute Gasteiger partial charge is 0.336 e. The molecule has 0 amide bonds. The van der Waals surface area contributed by atoms with Crippen molar-refractivity contribution in [1.82, 2.24) is 19.9 Å². The minimum absolute atomic E-state index is 0.132. The summed E-state index contributed by atoms with van der Waals surface area (Å²) in [5.41, 5.74) is 2.42. The minimum atomic E-state index is -1.04. The number of nitrogens with one attached hydrogen (secondary N) is 1. The Morgan fingerprint density at radius 2 is 1.97 bits per heavy atom. The molecule has 1 saturated heterocycles. The molecular weight excluding hydrogens is 413 g/mol. The maximum Gasteiger partial charge on any atom is 0.336 e. The van der Waals surface area contributed by atoms with Crippen LogP contribution >= 0.6 is 0 Å². The van der Waals surface area contributed by atoms with E-state index in [1.54, 1.807) is 37.5 Å². The summed E-state index contributed by atoms with van der Waals surface area (Å²) < 4.78 is 20.5. The zero-order valence-electron chi connectivity index (χ0n) is 17.3. The molecule has 9 heteroatoms. The lowest BCUT2D eigenvalue weighted by atomic mass is 10.1. The number of aryl methyl sites for hydroxylation is 1. The lowest BCUT2D eigenvalue weighted by molar-refractivity contribution is 0.0695. The van der Waals surface area contributed by atoms with Crippen molar-refractivity contribution in [3.05, 3.63) is 59.7 Å². The van der Waals surface area contributed by atoms with Gasteiger partial charge in [0.15, 0.2) is 0 Å². The van der Waals surface area contributed by atoms with Crippen LogP contribution in [0.2, 0.25) is 0 Å². The summed E-state index contributed by atoms with van der Waals surface area (Å²) in [5.74, 6) is -0.390. The summed E-state index contributed by atoms with van der Waals surface area (Å²) in [7, 11) is 0. The number of imidazole rings is 1. The lowest BCUT2D eigenvalue weighted by Crippen LogP contribution is -2.19. The third-order valence-corrected chi connectivity index (χ3v) is 5.55. The zero-order valence-corrected chi connectivity index (χ0v) is 17.3. The highest BCUT2D eigenvalue weighted by atomic mass is 19.1. The van der Waals surface area contributed by atoms with E-state index in [4.69, 9.17) is 4.74 Å². The summed E-state index contributed by atoms with van der Waals surface area (Å²) in [5, 5.41) is 9.28. The molecule has 32 heavy (non-hydrogen) atoms. The number of H-pyrrole nitrogens is 1. The first kappa shape index (κ1) is 19.9. The van der Waals surface area contributed by atoms with Gasteiger partial charge >= 0.3 is 5.97 Å². The number of aromatic nitrogens is 4. The number of carboxylic acid groups (broad SMARTS) is 1. The van der Waals surface area contributed by atoms with Gasteiger partial charge in [0.25, 0.3) is 6.01 Å². The Labute approximate surface area is 182 Å². The molecule has 4 aromatic rings. The summed E-state index contributed by atoms with van der Waals surface area (Å²) in [6, 6.07) is 7.78. The van der Waals surface area contributed by atoms with Gasteiger partial charge in [0, 0.05) is 24.7 Å². The average molecular weight is 433 g/mol. The first-order valence-corrected chi connectivity index (χ1v) is 10.3. The number of rotatable bonds is 5. The van der Waals surface area contributed by atoms with Gasteiger partial charge in [-0.3, -0.25) is 4.98 Å². The number of ether oxygens (including phenoxy) is 1. The van der Waals surface area contributed by atoms with E-state index in [-0.39, 0.29) is 11.6 Å². The van der Waals surface area contributed by atoms with E-state index >= 15 is 0 Å². The van der Waals surface area contributed by atoms with E-state index < -0.39 is 11.8 Å². The predicted octanol–water partition coefficient (Wildman–Crippen LogP) is 4.56. The highest BCUT2D eigenvalue weighted by Gasteiger charge is 2.17. The Kier molecular flexibility index (Phi) is 4.93. The molecule has 0 spiro atoms. The van der Waals surface area contributed by atoms with Gasteiger partial charge in [0.1, 0.15) is 17.4 Å². The molecule has 2 aromatic heterocycles. The van der Waals surface area contributed by atoms with Crippen molar-refractivity contribution in [1.29, 1.82) is 0 Å². The predicted molar refractivity (Wildman–Crippen MR) is 117 cm³/mol. The second kappa shape index (κ2) is 7.92. The van der Waals surface area contributed by atoms with Crippen LogP contribution < -0.4 is 9.64 Å². The number of nitrogens with zero attached hydrogens (tertiary/aromatic N) is 4. The first-order valence-electron chi connectivity index (χ1n) is 10.3. The molecule has 2 aromatic carbocycles. The number of hydrogen-bond donors (Lipinski definition) is 2. The van der Waals surface area contributed by atoms with Crippen molar-refractivity contribution >= 4 is 22.8 Å². The van der Waals surface area contributed by atoms with Crippen LogP contribution in [-0.4, -0.2) is 44.1 Å². The van der Waals surface area contributed by atoms with Crippen molar-refractivity contribution < 1.29 is 19.0 Å². The molecule has 162 valence electrons. The zero-order chi connectivity index (χ0) is 22.2. The van der Waals surface area contributed by atoms with Gasteiger partial charge < -0.3 is 19.7 Å². The molecule has 0 unspecified atom stereocenters. The number of halogens is 1. The van der Waals surface area contributed by atoms with E-state index in [2.05, 4.69) is 24.8 Å². The molecule has 0 aliphatic carbocycles. The van der Waals surface area contributed by atoms with Gasteiger partial charge in [-0.25, -0.2) is 14.2 Å². The number of aromatic amines is 1. The fraction of sp³-hybridized carbons (Fsp3) is 0.217. The van der Waals surface area contributed by atoms with Crippen molar-refractivity contribution in [2.45, 2.75) is 19.8 Å². The Hall–Kier alpha value is -4.01. The summed E-state index contributed by atoms with van der Waals surface area (Å²) in [6.07, 6.45) is 5.51. The molecule has 8 nitrogen and oxygen atoms in total. The van der Waals surface area contributed by atoms with Crippen molar-refractivity contribution in [2.75, 3.05) is 18.0 Å². The second-order valence-electron chi connectivity index (χ2n) is 7.73. The summed E-state index contributed by atoms with van der Waals surface area (Å²) in [6.45, 7) is 3.62. The Bertz CT molecular complexity index is 1310. The van der Waals surface area contributed by atoms with E-state index in [9.17, 15) is 14.3 Å². The fourth-order valence-electron chi connectivity index (χ4n) is 3.83. The highest BCUT2D eigenvalue weighted by Crippen LogP contribution is 2.29. The monoisotopic (exact) mass is 433 g/mol. The van der Waals surface area contributed by atoms with E-state index in [0.29, 0.717) is 33.6 Å². The molecule has 0 atom stereocenters. The molecule has 1 aliphatic heterocycles. The van der Waals surface area contributed by atoms with Crippen molar-refractivity contribution in [3.8, 4) is 23.0 Å². The molecule has 2 N–H and O–H groups in total. The molecular formula is C23H20FN5O3. The number of benzene rings is 2. The van der Waals surface area contributed by atoms with Crippen molar-refractivity contribution in [3.63, 3.8) is 0 Å². The standard InChI is InChI=1S/C23H20FN5O3/c1-13-4-5-14(8-15(13)22(30)31)32-23-27-18-9-16(17(24)10-19(18)28-23)20-11-26-21(12-25-20)29-6-2-3-7-29/h4-5,8-12H,2-3,6-7H2,1H3,(H,27,28)(H,30,31). The highest BCUT2D eigenvalue weighted by molar-refractivity contribution is 5.89. The SMILES string of the molecule is Cc1ccc(Oc2nc3cc(-c4cnc(N5CCCC5)cn4)c(F)cc3[nH]2)cc1C(=O)O. The van der Waals surface area contributed by atoms with E-state index in [1.165, 1.54) is 12.1 Å². The van der Waals surface area contributed by atoms with E-state index in [0.717, 1.165) is 31.7 Å². The largest absolute Gasteiger partial charge is 0.478 e. The van der Waals surface area contributed by atoms with Crippen LogP contribution in [0.25, 0.3) is 22.3 Å². The van der Waals surface area contributed by atoms with Crippen LogP contribution in [0.3, 0.4) is 0 Å². The Morgan fingerprint density at radius 1 is 1.16 bits per heavy atom. The van der Waals surface area contributed by atoms with Gasteiger partial charge in [0.05, 0.1) is 34.7 Å². The molecule has 0 bridgehead atoms. The van der Waals surface area contributed by atoms with Crippen LogP contribution in [-0.2, 0) is 0 Å². The summed E-state index contributed by atoms with van der Waals surface area (Å²) in [4.78, 5) is 29.6.